The van der Waals surface area contributed by atoms with E-state index in [9.17, 15) is 28.0 Å². The number of carbonyl (C=O) groups is 3. The van der Waals surface area contributed by atoms with Crippen molar-refractivity contribution in [3.05, 3.63) is 63.1 Å². The minimum atomic E-state index is -1.17. The lowest BCUT2D eigenvalue weighted by Gasteiger charge is -2.36. The van der Waals surface area contributed by atoms with Crippen molar-refractivity contribution in [1.82, 2.24) is 19.7 Å². The van der Waals surface area contributed by atoms with Crippen LogP contribution in [0.2, 0.25) is 0 Å². The van der Waals surface area contributed by atoms with Gasteiger partial charge in [-0.3, -0.25) is 19.3 Å². The normalized spacial score (nSPS) is 19.8. The summed E-state index contributed by atoms with van der Waals surface area (Å²) in [6.45, 7) is -0.288. The molecule has 208 valence electrons. The van der Waals surface area contributed by atoms with Crippen molar-refractivity contribution in [2.24, 2.45) is 0 Å². The SMILES string of the molecule is O=C(OCCO)OCOc1c2n(cc(C(=O)NCc3ccc(F)cc3F)c1=O)CC1N(CC3CCCN31)C2=O. The molecule has 2 fully saturated rings. The van der Waals surface area contributed by atoms with Crippen LogP contribution in [-0.2, 0) is 22.6 Å². The number of rotatable bonds is 8. The summed E-state index contributed by atoms with van der Waals surface area (Å²) in [4.78, 5) is 55.4. The molecule has 2 amide bonds. The Hall–Kier alpha value is -4.04. The average Bonchev–Trinajstić information content (AvgIpc) is 3.50. The minimum absolute atomic E-state index is 0.00549. The van der Waals surface area contributed by atoms with Gasteiger partial charge in [-0.25, -0.2) is 13.6 Å². The standard InChI is InChI=1S/C25H26F2N4O8/c26-15-4-3-14(18(27)8-15)9-28-23(34)17-11-29-12-19-30-5-1-2-16(30)10-31(19)24(35)20(29)22(21(17)33)38-13-39-25(36)37-7-6-32/h3-4,8,11,16,19,32H,1-2,5-7,9-10,12-13H2,(H,28,34). The first kappa shape index (κ1) is 26.6. The molecule has 0 aliphatic carbocycles. The highest BCUT2D eigenvalue weighted by Gasteiger charge is 2.48. The molecule has 4 heterocycles. The van der Waals surface area contributed by atoms with Gasteiger partial charge in [0.1, 0.15) is 30.0 Å². The van der Waals surface area contributed by atoms with Crippen molar-refractivity contribution in [2.75, 3.05) is 33.1 Å². The Morgan fingerprint density at radius 1 is 1.15 bits per heavy atom. The van der Waals surface area contributed by atoms with Gasteiger partial charge in [0, 0.05) is 43.5 Å². The molecule has 14 heteroatoms. The number of aliphatic hydroxyl groups excluding tert-OH is 1. The molecule has 2 unspecified atom stereocenters. The molecule has 0 bridgehead atoms. The Bertz CT molecular complexity index is 1370. The molecule has 2 N–H and O–H groups in total. The van der Waals surface area contributed by atoms with Crippen LogP contribution in [0.25, 0.3) is 0 Å². The summed E-state index contributed by atoms with van der Waals surface area (Å²) in [5.41, 5.74) is -1.40. The number of ether oxygens (including phenoxy) is 3. The van der Waals surface area contributed by atoms with Crippen LogP contribution >= 0.6 is 0 Å². The van der Waals surface area contributed by atoms with Crippen molar-refractivity contribution in [3.63, 3.8) is 0 Å². The second-order valence-corrected chi connectivity index (χ2v) is 9.32. The molecule has 2 atom stereocenters. The van der Waals surface area contributed by atoms with Crippen molar-refractivity contribution in [2.45, 2.75) is 38.1 Å². The highest BCUT2D eigenvalue weighted by atomic mass is 19.1. The second-order valence-electron chi connectivity index (χ2n) is 9.32. The Morgan fingerprint density at radius 2 is 1.97 bits per heavy atom. The van der Waals surface area contributed by atoms with Crippen LogP contribution in [0.4, 0.5) is 13.6 Å². The largest absolute Gasteiger partial charge is 0.511 e. The van der Waals surface area contributed by atoms with Gasteiger partial charge in [0.15, 0.2) is 5.69 Å². The zero-order valence-electron chi connectivity index (χ0n) is 20.7. The third-order valence-corrected chi connectivity index (χ3v) is 7.02. The minimum Gasteiger partial charge on any atom is -0.451 e. The molecule has 0 spiro atoms. The molecule has 3 aliphatic rings. The van der Waals surface area contributed by atoms with Gasteiger partial charge in [-0.2, -0.15) is 0 Å². The Labute approximate surface area is 220 Å². The molecule has 12 nitrogen and oxygen atoms in total. The predicted octanol–water partition coefficient (Wildman–Crippen LogP) is 0.798. The molecule has 0 radical (unpaired) electrons. The molecular formula is C25H26F2N4O8. The number of amides is 2. The Balaban J connectivity index is 1.43. The van der Waals surface area contributed by atoms with Crippen molar-refractivity contribution >= 4 is 18.0 Å². The number of pyridine rings is 1. The molecule has 39 heavy (non-hydrogen) atoms. The van der Waals surface area contributed by atoms with E-state index in [1.165, 1.54) is 16.8 Å². The number of carbonyl (C=O) groups excluding carboxylic acids is 3. The first-order chi connectivity index (χ1) is 18.8. The number of halogens is 2. The highest BCUT2D eigenvalue weighted by Crippen LogP contribution is 2.35. The lowest BCUT2D eigenvalue weighted by molar-refractivity contribution is -0.00254. The quantitative estimate of drug-likeness (QED) is 0.362. The molecule has 1 aromatic carbocycles. The van der Waals surface area contributed by atoms with E-state index < -0.39 is 54.2 Å². The number of fused-ring (bicyclic) bond motifs is 4. The van der Waals surface area contributed by atoms with Gasteiger partial charge in [-0.05, 0) is 18.9 Å². The molecule has 1 aromatic heterocycles. The first-order valence-electron chi connectivity index (χ1n) is 12.4. The fraction of sp³-hybridized carbons (Fsp3) is 0.440. The monoisotopic (exact) mass is 548 g/mol. The summed E-state index contributed by atoms with van der Waals surface area (Å²) in [6.07, 6.45) is 1.78. The van der Waals surface area contributed by atoms with Crippen LogP contribution < -0.4 is 15.5 Å². The van der Waals surface area contributed by atoms with Crippen LogP contribution in [0, 0.1) is 11.6 Å². The number of hydrogen-bond acceptors (Lipinski definition) is 9. The van der Waals surface area contributed by atoms with Crippen LogP contribution in [0.1, 0.15) is 39.3 Å². The summed E-state index contributed by atoms with van der Waals surface area (Å²) >= 11 is 0. The number of aromatic nitrogens is 1. The summed E-state index contributed by atoms with van der Waals surface area (Å²) in [6, 6.07) is 3.09. The summed E-state index contributed by atoms with van der Waals surface area (Å²) in [7, 11) is 0. The van der Waals surface area contributed by atoms with Gasteiger partial charge >= 0.3 is 6.16 Å². The summed E-state index contributed by atoms with van der Waals surface area (Å²) < 4.78 is 43.5. The lowest BCUT2D eigenvalue weighted by atomic mass is 10.1. The number of benzene rings is 1. The first-order valence-corrected chi connectivity index (χ1v) is 12.4. The van der Waals surface area contributed by atoms with E-state index in [-0.39, 0.29) is 48.7 Å². The fourth-order valence-corrected chi connectivity index (χ4v) is 5.25. The smallest absolute Gasteiger partial charge is 0.451 e. The van der Waals surface area contributed by atoms with Crippen molar-refractivity contribution in [1.29, 1.82) is 0 Å². The van der Waals surface area contributed by atoms with E-state index in [2.05, 4.69) is 15.0 Å². The molecule has 2 saturated heterocycles. The van der Waals surface area contributed by atoms with Gasteiger partial charge in [0.25, 0.3) is 11.8 Å². The maximum atomic E-state index is 14.0. The molecule has 2 aromatic rings. The summed E-state index contributed by atoms with van der Waals surface area (Å²) in [5.74, 6) is -3.45. The van der Waals surface area contributed by atoms with E-state index >= 15 is 0 Å². The predicted molar refractivity (Wildman–Crippen MR) is 128 cm³/mol. The second kappa shape index (κ2) is 11.0. The third kappa shape index (κ3) is 5.16. The van der Waals surface area contributed by atoms with Gasteiger partial charge < -0.3 is 34.1 Å². The van der Waals surface area contributed by atoms with Gasteiger partial charge in [0.05, 0.1) is 13.2 Å². The van der Waals surface area contributed by atoms with Gasteiger partial charge in [0.2, 0.25) is 18.0 Å². The van der Waals surface area contributed by atoms with E-state index in [0.717, 1.165) is 25.5 Å². The highest BCUT2D eigenvalue weighted by molar-refractivity contribution is 5.99. The Kier molecular flexibility index (Phi) is 7.48. The maximum absolute atomic E-state index is 14.0. The van der Waals surface area contributed by atoms with Gasteiger partial charge in [-0.1, -0.05) is 6.07 Å². The number of aliphatic hydroxyl groups is 1. The number of nitrogens with zero attached hydrogens (tertiary/aromatic N) is 3. The van der Waals surface area contributed by atoms with Crippen molar-refractivity contribution in [3.8, 4) is 5.75 Å². The Morgan fingerprint density at radius 3 is 2.74 bits per heavy atom. The average molecular weight is 548 g/mol. The zero-order valence-corrected chi connectivity index (χ0v) is 20.7. The van der Waals surface area contributed by atoms with E-state index in [4.69, 9.17) is 14.6 Å². The van der Waals surface area contributed by atoms with Crippen LogP contribution in [0.5, 0.6) is 5.75 Å². The number of nitrogens with one attached hydrogen (secondary N) is 1. The van der Waals surface area contributed by atoms with E-state index in [1.807, 2.05) is 0 Å². The molecule has 3 aliphatic heterocycles. The zero-order chi connectivity index (χ0) is 27.7. The van der Waals surface area contributed by atoms with E-state index in [1.54, 1.807) is 4.90 Å². The van der Waals surface area contributed by atoms with Crippen molar-refractivity contribution < 1.29 is 42.5 Å². The molecule has 0 saturated carbocycles. The third-order valence-electron chi connectivity index (χ3n) is 7.02. The van der Waals surface area contributed by atoms with Crippen LogP contribution in [0.15, 0.2) is 29.2 Å². The van der Waals surface area contributed by atoms with Gasteiger partial charge in [-0.15, -0.1) is 0 Å². The van der Waals surface area contributed by atoms with E-state index in [0.29, 0.717) is 12.6 Å². The molecule has 5 rings (SSSR count). The van der Waals surface area contributed by atoms with Crippen LogP contribution in [-0.4, -0.2) is 82.7 Å². The summed E-state index contributed by atoms with van der Waals surface area (Å²) in [5, 5.41) is 11.2. The maximum Gasteiger partial charge on any atom is 0.511 e. The van der Waals surface area contributed by atoms with Crippen LogP contribution in [0.3, 0.4) is 0 Å². The molecular weight excluding hydrogens is 522 g/mol. The fourth-order valence-electron chi connectivity index (χ4n) is 5.25. The topological polar surface area (TPSA) is 140 Å². The lowest BCUT2D eigenvalue weighted by Crippen LogP contribution is -2.50. The number of hydrogen-bond donors (Lipinski definition) is 2.